The van der Waals surface area contributed by atoms with E-state index in [1.54, 1.807) is 31.2 Å². The number of hydrogen-bond donors (Lipinski definition) is 1. The van der Waals surface area contributed by atoms with E-state index in [1.807, 2.05) is 24.3 Å². The molecule has 6 nitrogen and oxygen atoms in total. The summed E-state index contributed by atoms with van der Waals surface area (Å²) in [5, 5.41) is 3.28. The van der Waals surface area contributed by atoms with Gasteiger partial charge in [-0.05, 0) is 52.9 Å². The highest BCUT2D eigenvalue weighted by molar-refractivity contribution is 5.91. The molecule has 3 rings (SSSR count). The largest absolute Gasteiger partial charge is 0.497 e. The zero-order chi connectivity index (χ0) is 23.1. The van der Waals surface area contributed by atoms with Gasteiger partial charge in [0.05, 0.1) is 26.0 Å². The molecule has 0 spiro atoms. The van der Waals surface area contributed by atoms with E-state index in [0.717, 1.165) is 17.0 Å². The van der Waals surface area contributed by atoms with E-state index in [0.29, 0.717) is 19.1 Å². The molecule has 0 radical (unpaired) electrons. The first-order valence-corrected chi connectivity index (χ1v) is 10.7. The van der Waals surface area contributed by atoms with Gasteiger partial charge in [0.2, 0.25) is 0 Å². The smallest absolute Gasteiger partial charge is 0.289 e. The molecular weight excluding hydrogens is 404 g/mol. The predicted molar refractivity (Wildman–Crippen MR) is 126 cm³/mol. The zero-order valence-corrected chi connectivity index (χ0v) is 19.4. The van der Waals surface area contributed by atoms with Crippen LogP contribution in [0.25, 0.3) is 0 Å². The fourth-order valence-electron chi connectivity index (χ4n) is 3.37. The molecule has 1 amide bonds. The number of likely N-dealkylation sites (N-methyl/N-ethyl adjacent to an activating group) is 1. The average Bonchev–Trinajstić information content (AvgIpc) is 3.33. The van der Waals surface area contributed by atoms with Crippen LogP contribution in [0.15, 0.2) is 71.3 Å². The van der Waals surface area contributed by atoms with Crippen LogP contribution in [0.4, 0.5) is 5.69 Å². The molecule has 0 bridgehead atoms. The molecule has 1 unspecified atom stereocenters. The van der Waals surface area contributed by atoms with Gasteiger partial charge in [0.1, 0.15) is 12.5 Å². The number of benzene rings is 2. The molecule has 0 saturated heterocycles. The lowest BCUT2D eigenvalue weighted by molar-refractivity contribution is 0.0510. The zero-order valence-electron chi connectivity index (χ0n) is 19.4. The lowest BCUT2D eigenvalue weighted by atomic mass is 9.87. The van der Waals surface area contributed by atoms with E-state index in [1.165, 1.54) is 11.8 Å². The Bertz CT molecular complexity index is 974. The maximum atomic E-state index is 12.8. The second-order valence-electron chi connectivity index (χ2n) is 8.70. The molecule has 2 aromatic carbocycles. The Morgan fingerprint density at radius 2 is 1.75 bits per heavy atom. The molecular formula is C26H32N2O4. The number of methoxy groups -OCH3 is 1. The van der Waals surface area contributed by atoms with Crippen molar-refractivity contribution in [3.05, 3.63) is 83.8 Å². The van der Waals surface area contributed by atoms with Gasteiger partial charge in [0, 0.05) is 12.7 Å². The Morgan fingerprint density at radius 1 is 1.06 bits per heavy atom. The van der Waals surface area contributed by atoms with E-state index >= 15 is 0 Å². The van der Waals surface area contributed by atoms with Gasteiger partial charge >= 0.3 is 0 Å². The van der Waals surface area contributed by atoms with Crippen LogP contribution in [0, 0.1) is 0 Å². The van der Waals surface area contributed by atoms with Crippen molar-refractivity contribution in [3.8, 4) is 5.75 Å². The van der Waals surface area contributed by atoms with Crippen LogP contribution in [-0.2, 0) is 10.2 Å². The van der Waals surface area contributed by atoms with E-state index in [9.17, 15) is 4.79 Å². The minimum Gasteiger partial charge on any atom is -0.497 e. The fraction of sp³-hybridized carbons (Fsp3) is 0.346. The number of hydrogen-bond acceptors (Lipinski definition) is 5. The highest BCUT2D eigenvalue weighted by Crippen LogP contribution is 2.25. The van der Waals surface area contributed by atoms with Crippen LogP contribution in [0.1, 0.15) is 48.5 Å². The summed E-state index contributed by atoms with van der Waals surface area (Å²) in [5.41, 5.74) is 3.33. The summed E-state index contributed by atoms with van der Waals surface area (Å²) in [4.78, 5) is 14.5. The topological polar surface area (TPSA) is 63.9 Å². The second kappa shape index (κ2) is 10.4. The van der Waals surface area contributed by atoms with Gasteiger partial charge < -0.3 is 24.1 Å². The quantitative estimate of drug-likeness (QED) is 0.355. The van der Waals surface area contributed by atoms with Crippen molar-refractivity contribution in [2.45, 2.75) is 32.2 Å². The molecule has 0 saturated carbocycles. The Morgan fingerprint density at radius 3 is 2.31 bits per heavy atom. The van der Waals surface area contributed by atoms with Gasteiger partial charge in [-0.3, -0.25) is 4.79 Å². The Hall–Kier alpha value is -3.25. The molecule has 3 aromatic rings. The first kappa shape index (κ1) is 23.4. The van der Waals surface area contributed by atoms with Gasteiger partial charge in [-0.2, -0.15) is 0 Å². The predicted octanol–water partition coefficient (Wildman–Crippen LogP) is 5.49. The van der Waals surface area contributed by atoms with E-state index in [4.69, 9.17) is 13.9 Å². The van der Waals surface area contributed by atoms with Crippen molar-refractivity contribution in [2.24, 2.45) is 0 Å². The normalized spacial score (nSPS) is 12.3. The summed E-state index contributed by atoms with van der Waals surface area (Å²) in [6.07, 6.45) is 1.49. The third-order valence-corrected chi connectivity index (χ3v) is 5.43. The van der Waals surface area contributed by atoms with Crippen LogP contribution in [-0.4, -0.2) is 38.3 Å². The third kappa shape index (κ3) is 5.92. The standard InChI is InChI=1S/C26H32N2O4/c1-26(2,3)20-10-12-21(13-11-20)27-18-31-17-23(19-8-14-22(30-5)15-9-19)28(4)25(29)24-7-6-16-32-24/h6-16,23,27H,17-18H2,1-5H3. The SMILES string of the molecule is COc1ccc(C(COCNc2ccc(C(C)(C)C)cc2)N(C)C(=O)c2ccco2)cc1. The van der Waals surface area contributed by atoms with Crippen molar-refractivity contribution in [3.63, 3.8) is 0 Å². The van der Waals surface area contributed by atoms with Gasteiger partial charge in [-0.25, -0.2) is 0 Å². The molecule has 32 heavy (non-hydrogen) atoms. The molecule has 1 atom stereocenters. The third-order valence-electron chi connectivity index (χ3n) is 5.43. The van der Waals surface area contributed by atoms with Crippen molar-refractivity contribution < 1.29 is 18.7 Å². The van der Waals surface area contributed by atoms with Crippen LogP contribution in [0.2, 0.25) is 0 Å². The number of carbonyl (C=O) groups excluding carboxylic acids is 1. The van der Waals surface area contributed by atoms with Crippen LogP contribution >= 0.6 is 0 Å². The van der Waals surface area contributed by atoms with Crippen molar-refractivity contribution in [2.75, 3.05) is 32.8 Å². The molecule has 0 aliphatic carbocycles. The van der Waals surface area contributed by atoms with E-state index < -0.39 is 0 Å². The number of ether oxygens (including phenoxy) is 2. The van der Waals surface area contributed by atoms with Gasteiger partial charge in [-0.15, -0.1) is 0 Å². The number of nitrogens with one attached hydrogen (secondary N) is 1. The highest BCUT2D eigenvalue weighted by Gasteiger charge is 2.25. The monoisotopic (exact) mass is 436 g/mol. The van der Waals surface area contributed by atoms with Gasteiger partial charge in [0.25, 0.3) is 5.91 Å². The van der Waals surface area contributed by atoms with Crippen LogP contribution in [0.5, 0.6) is 5.75 Å². The fourth-order valence-corrected chi connectivity index (χ4v) is 3.37. The minimum atomic E-state index is -0.288. The number of nitrogens with zero attached hydrogens (tertiary/aromatic N) is 1. The van der Waals surface area contributed by atoms with Gasteiger partial charge in [-0.1, -0.05) is 45.0 Å². The summed E-state index contributed by atoms with van der Waals surface area (Å²) in [6, 6.07) is 19.1. The first-order chi connectivity index (χ1) is 15.3. The highest BCUT2D eigenvalue weighted by atomic mass is 16.5. The number of furan rings is 1. The molecule has 0 aliphatic heterocycles. The first-order valence-electron chi connectivity index (χ1n) is 10.7. The Labute approximate surface area is 190 Å². The molecule has 0 aliphatic rings. The number of amides is 1. The molecule has 170 valence electrons. The van der Waals surface area contributed by atoms with Gasteiger partial charge in [0.15, 0.2) is 5.76 Å². The van der Waals surface area contributed by atoms with Crippen LogP contribution < -0.4 is 10.1 Å². The number of rotatable bonds is 9. The maximum absolute atomic E-state index is 12.8. The summed E-state index contributed by atoms with van der Waals surface area (Å²) in [6.45, 7) is 7.22. The van der Waals surface area contributed by atoms with E-state index in [-0.39, 0.29) is 17.4 Å². The van der Waals surface area contributed by atoms with Crippen molar-refractivity contribution in [1.82, 2.24) is 4.90 Å². The summed E-state index contributed by atoms with van der Waals surface area (Å²) in [5.74, 6) is 0.849. The molecule has 1 N–H and O–H groups in total. The lowest BCUT2D eigenvalue weighted by Gasteiger charge is -2.28. The molecule has 1 aromatic heterocycles. The average molecular weight is 437 g/mol. The van der Waals surface area contributed by atoms with E-state index in [2.05, 4.69) is 50.4 Å². The Kier molecular flexibility index (Phi) is 7.59. The molecule has 1 heterocycles. The minimum absolute atomic E-state index is 0.117. The number of anilines is 1. The Balaban J connectivity index is 1.65. The van der Waals surface area contributed by atoms with Crippen molar-refractivity contribution in [1.29, 1.82) is 0 Å². The van der Waals surface area contributed by atoms with Crippen LogP contribution in [0.3, 0.4) is 0 Å². The summed E-state index contributed by atoms with van der Waals surface area (Å²) in [7, 11) is 3.38. The lowest BCUT2D eigenvalue weighted by Crippen LogP contribution is -2.34. The summed E-state index contributed by atoms with van der Waals surface area (Å²) < 4.78 is 16.5. The summed E-state index contributed by atoms with van der Waals surface area (Å²) >= 11 is 0. The van der Waals surface area contributed by atoms with Crippen molar-refractivity contribution >= 4 is 11.6 Å². The maximum Gasteiger partial charge on any atom is 0.289 e. The molecule has 6 heteroatoms. The number of carbonyl (C=O) groups is 1. The second-order valence-corrected chi connectivity index (χ2v) is 8.70. The molecule has 0 fully saturated rings.